The van der Waals surface area contributed by atoms with E-state index in [0.29, 0.717) is 25.7 Å². The van der Waals surface area contributed by atoms with Crippen LogP contribution in [-0.2, 0) is 4.74 Å². The van der Waals surface area contributed by atoms with Gasteiger partial charge < -0.3 is 15.2 Å². The Balaban J connectivity index is 1.71. The van der Waals surface area contributed by atoms with Crippen molar-refractivity contribution in [3.8, 4) is 0 Å². The third kappa shape index (κ3) is 3.77. The number of anilines is 2. The molecule has 1 aromatic heterocycles. The number of amides is 1. The van der Waals surface area contributed by atoms with E-state index in [4.69, 9.17) is 4.74 Å². The first-order valence-corrected chi connectivity index (χ1v) is 8.70. The zero-order valence-corrected chi connectivity index (χ0v) is 14.0. The van der Waals surface area contributed by atoms with Crippen LogP contribution in [-0.4, -0.2) is 52.1 Å². The molecule has 1 amide bonds. The fourth-order valence-electron chi connectivity index (χ4n) is 2.51. The lowest BCUT2D eigenvalue weighted by Crippen LogP contribution is -2.42. The first kappa shape index (κ1) is 16.5. The van der Waals surface area contributed by atoms with Crippen molar-refractivity contribution in [1.82, 2.24) is 14.9 Å². The van der Waals surface area contributed by atoms with Crippen LogP contribution >= 0.6 is 11.8 Å². The highest BCUT2D eigenvalue weighted by molar-refractivity contribution is 7.98. The van der Waals surface area contributed by atoms with Gasteiger partial charge in [0.25, 0.3) is 0 Å². The van der Waals surface area contributed by atoms with Crippen LogP contribution < -0.4 is 5.32 Å². The molecule has 1 aromatic carbocycles. The molecule has 1 atom stereocenters. The van der Waals surface area contributed by atoms with E-state index in [1.807, 2.05) is 30.5 Å². The number of benzene rings is 1. The maximum Gasteiger partial charge on any atom is 0.407 e. The summed E-state index contributed by atoms with van der Waals surface area (Å²) in [6.07, 6.45) is 4.57. The molecule has 0 saturated carbocycles. The van der Waals surface area contributed by atoms with Gasteiger partial charge in [-0.1, -0.05) is 12.1 Å². The number of nitrogens with zero attached hydrogens (tertiary/aromatic N) is 3. The number of hydrogen-bond acceptors (Lipinski definition) is 6. The highest BCUT2D eigenvalue weighted by atomic mass is 32.2. The molecular formula is C16H18N4O3S. The van der Waals surface area contributed by atoms with E-state index in [2.05, 4.69) is 15.3 Å². The van der Waals surface area contributed by atoms with Crippen LogP contribution in [0.1, 0.15) is 11.6 Å². The summed E-state index contributed by atoms with van der Waals surface area (Å²) < 4.78 is 5.42. The van der Waals surface area contributed by atoms with Gasteiger partial charge >= 0.3 is 6.09 Å². The van der Waals surface area contributed by atoms with Crippen LogP contribution in [0.2, 0.25) is 0 Å². The summed E-state index contributed by atoms with van der Waals surface area (Å²) in [4.78, 5) is 22.2. The molecule has 1 saturated heterocycles. The number of ether oxygens (including phenoxy) is 1. The molecular weight excluding hydrogens is 328 g/mol. The number of rotatable bonds is 4. The molecule has 2 aromatic rings. The SMILES string of the molecule is CSc1cnc(Nc2ccc([C@H]3COCCN3C(=O)O)cc2)nc1. The summed E-state index contributed by atoms with van der Waals surface area (Å²) in [5.41, 5.74) is 1.75. The summed E-state index contributed by atoms with van der Waals surface area (Å²) in [5.74, 6) is 0.522. The fourth-order valence-corrected chi connectivity index (χ4v) is 2.83. The minimum atomic E-state index is -0.923. The van der Waals surface area contributed by atoms with Crippen LogP contribution in [0.5, 0.6) is 0 Å². The summed E-state index contributed by atoms with van der Waals surface area (Å²) in [6.45, 7) is 1.19. The topological polar surface area (TPSA) is 87.6 Å². The minimum absolute atomic E-state index is 0.276. The number of carbonyl (C=O) groups is 1. The molecule has 24 heavy (non-hydrogen) atoms. The van der Waals surface area contributed by atoms with E-state index < -0.39 is 6.09 Å². The number of morpholine rings is 1. The summed E-state index contributed by atoms with van der Waals surface area (Å²) in [7, 11) is 0. The predicted octanol–water partition coefficient (Wildman–Crippen LogP) is 2.99. The molecule has 3 rings (SSSR count). The first-order valence-electron chi connectivity index (χ1n) is 7.47. The summed E-state index contributed by atoms with van der Waals surface area (Å²) in [5, 5.41) is 12.4. The van der Waals surface area contributed by atoms with Crippen LogP contribution in [0.15, 0.2) is 41.6 Å². The molecule has 0 aliphatic carbocycles. The lowest BCUT2D eigenvalue weighted by Gasteiger charge is -2.33. The Morgan fingerprint density at radius 1 is 1.33 bits per heavy atom. The monoisotopic (exact) mass is 346 g/mol. The Bertz CT molecular complexity index is 693. The zero-order chi connectivity index (χ0) is 16.9. The smallest absolute Gasteiger partial charge is 0.407 e. The van der Waals surface area contributed by atoms with Crippen molar-refractivity contribution in [2.45, 2.75) is 10.9 Å². The van der Waals surface area contributed by atoms with Crippen LogP contribution in [0.3, 0.4) is 0 Å². The quantitative estimate of drug-likeness (QED) is 0.823. The van der Waals surface area contributed by atoms with Gasteiger partial charge in [0.2, 0.25) is 5.95 Å². The largest absolute Gasteiger partial charge is 0.465 e. The minimum Gasteiger partial charge on any atom is -0.465 e. The van der Waals surface area contributed by atoms with Crippen molar-refractivity contribution >= 4 is 29.5 Å². The maximum atomic E-state index is 11.3. The van der Waals surface area contributed by atoms with Crippen molar-refractivity contribution < 1.29 is 14.6 Å². The van der Waals surface area contributed by atoms with Gasteiger partial charge in [-0.2, -0.15) is 0 Å². The second-order valence-electron chi connectivity index (χ2n) is 5.26. The van der Waals surface area contributed by atoms with E-state index in [1.54, 1.807) is 24.2 Å². The molecule has 8 heteroatoms. The molecule has 1 fully saturated rings. The van der Waals surface area contributed by atoms with Crippen LogP contribution in [0.25, 0.3) is 0 Å². The van der Waals surface area contributed by atoms with Crippen molar-refractivity contribution in [1.29, 1.82) is 0 Å². The third-order valence-corrected chi connectivity index (χ3v) is 4.47. The molecule has 2 heterocycles. The fraction of sp³-hybridized carbons (Fsp3) is 0.312. The van der Waals surface area contributed by atoms with Gasteiger partial charge in [-0.15, -0.1) is 11.8 Å². The number of nitrogens with one attached hydrogen (secondary N) is 1. The van der Waals surface area contributed by atoms with Crippen molar-refractivity contribution in [3.05, 3.63) is 42.2 Å². The molecule has 0 radical (unpaired) electrons. The Kier molecular flexibility index (Phi) is 5.17. The highest BCUT2D eigenvalue weighted by Gasteiger charge is 2.28. The van der Waals surface area contributed by atoms with E-state index in [-0.39, 0.29) is 6.04 Å². The molecule has 1 aliphatic rings. The van der Waals surface area contributed by atoms with Gasteiger partial charge in [-0.25, -0.2) is 14.8 Å². The third-order valence-electron chi connectivity index (χ3n) is 3.79. The van der Waals surface area contributed by atoms with Gasteiger partial charge in [-0.3, -0.25) is 4.90 Å². The van der Waals surface area contributed by atoms with Crippen molar-refractivity contribution in [2.24, 2.45) is 0 Å². The number of hydrogen-bond donors (Lipinski definition) is 2. The van der Waals surface area contributed by atoms with Crippen molar-refractivity contribution in [3.63, 3.8) is 0 Å². The van der Waals surface area contributed by atoms with E-state index in [0.717, 1.165) is 16.1 Å². The second kappa shape index (κ2) is 7.50. The number of thioether (sulfide) groups is 1. The van der Waals surface area contributed by atoms with Gasteiger partial charge in [0.1, 0.15) is 0 Å². The summed E-state index contributed by atoms with van der Waals surface area (Å²) in [6, 6.07) is 7.29. The lowest BCUT2D eigenvalue weighted by atomic mass is 10.0. The molecule has 0 bridgehead atoms. The van der Waals surface area contributed by atoms with Crippen molar-refractivity contribution in [2.75, 3.05) is 31.3 Å². The van der Waals surface area contributed by atoms with E-state index >= 15 is 0 Å². The molecule has 0 spiro atoms. The molecule has 7 nitrogen and oxygen atoms in total. The van der Waals surface area contributed by atoms with Crippen LogP contribution in [0, 0.1) is 0 Å². The Hall–Kier alpha value is -2.32. The molecule has 126 valence electrons. The van der Waals surface area contributed by atoms with Gasteiger partial charge in [0.15, 0.2) is 0 Å². The number of aromatic nitrogens is 2. The van der Waals surface area contributed by atoms with E-state index in [1.165, 1.54) is 4.90 Å². The standard InChI is InChI=1S/C16H18N4O3S/c1-24-13-8-17-15(18-9-13)19-12-4-2-11(3-5-12)14-10-23-7-6-20(14)16(21)22/h2-5,8-9,14H,6-7,10H2,1H3,(H,21,22)(H,17,18,19)/t14-/m1/s1. The Morgan fingerprint density at radius 3 is 2.67 bits per heavy atom. The second-order valence-corrected chi connectivity index (χ2v) is 6.14. The molecule has 0 unspecified atom stereocenters. The van der Waals surface area contributed by atoms with Crippen LogP contribution in [0.4, 0.5) is 16.4 Å². The Labute approximate surface area is 144 Å². The lowest BCUT2D eigenvalue weighted by molar-refractivity contribution is -0.000889. The summed E-state index contributed by atoms with van der Waals surface area (Å²) >= 11 is 1.59. The molecule has 2 N–H and O–H groups in total. The highest BCUT2D eigenvalue weighted by Crippen LogP contribution is 2.26. The zero-order valence-electron chi connectivity index (χ0n) is 13.2. The average Bonchev–Trinajstić information content (AvgIpc) is 2.63. The van der Waals surface area contributed by atoms with Gasteiger partial charge in [0.05, 0.1) is 19.3 Å². The first-order chi connectivity index (χ1) is 11.7. The average molecular weight is 346 g/mol. The molecule has 1 aliphatic heterocycles. The normalized spacial score (nSPS) is 17.5. The number of carboxylic acid groups (broad SMARTS) is 1. The van der Waals surface area contributed by atoms with E-state index in [9.17, 15) is 9.90 Å². The maximum absolute atomic E-state index is 11.3. The van der Waals surface area contributed by atoms with Gasteiger partial charge in [-0.05, 0) is 24.0 Å². The Morgan fingerprint density at radius 2 is 2.04 bits per heavy atom. The van der Waals surface area contributed by atoms with Gasteiger partial charge in [0, 0.05) is 29.5 Å². The predicted molar refractivity (Wildman–Crippen MR) is 91.8 cm³/mol.